The lowest BCUT2D eigenvalue weighted by molar-refractivity contribution is 0.0697. The maximum Gasteiger partial charge on any atom is 0.335 e. The van der Waals surface area contributed by atoms with Crippen LogP contribution in [0.15, 0.2) is 48.5 Å². The van der Waals surface area contributed by atoms with E-state index in [2.05, 4.69) is 10.9 Å². The van der Waals surface area contributed by atoms with Gasteiger partial charge in [0.25, 0.3) is 0 Å². The van der Waals surface area contributed by atoms with E-state index in [9.17, 15) is 9.18 Å². The average molecular weight is 302 g/mol. The minimum atomic E-state index is -0.943. The van der Waals surface area contributed by atoms with Crippen molar-refractivity contribution in [2.24, 2.45) is 5.90 Å². The van der Waals surface area contributed by atoms with E-state index in [4.69, 9.17) is 10.3 Å². The summed E-state index contributed by atoms with van der Waals surface area (Å²) < 4.78 is 12.8. The van der Waals surface area contributed by atoms with Gasteiger partial charge in [0.1, 0.15) is 5.82 Å². The molecule has 0 spiro atoms. The van der Waals surface area contributed by atoms with Crippen LogP contribution in [-0.2, 0) is 6.42 Å². The largest absolute Gasteiger partial charge is 0.478 e. The summed E-state index contributed by atoms with van der Waals surface area (Å²) in [7, 11) is 0. The minimum absolute atomic E-state index is 0.253. The number of carboxylic acid groups (broad SMARTS) is 1. The van der Waals surface area contributed by atoms with Crippen molar-refractivity contribution in [1.29, 1.82) is 0 Å². The number of carboxylic acids is 1. The highest BCUT2D eigenvalue weighted by atomic mass is 19.1. The van der Waals surface area contributed by atoms with E-state index in [1.807, 2.05) is 6.07 Å². The van der Waals surface area contributed by atoms with E-state index in [0.29, 0.717) is 6.42 Å². The van der Waals surface area contributed by atoms with Gasteiger partial charge in [0.2, 0.25) is 0 Å². The van der Waals surface area contributed by atoms with Crippen LogP contribution in [0.2, 0.25) is 0 Å². The van der Waals surface area contributed by atoms with Crippen LogP contribution < -0.4 is 5.90 Å². The molecule has 0 fully saturated rings. The standard InChI is InChI=1S/C16H12FNO2.H3NO/c17-13-5-1-10(2-6-13)7-14-8-11-3-4-12(16(19)20)9-15(11)18-14;1-2/h1-6,8-9,18H,7H2,(H,19,20);2H,1H2. The molecular formula is C16H15FN2O3. The zero-order valence-corrected chi connectivity index (χ0v) is 11.6. The Morgan fingerprint density at radius 3 is 2.41 bits per heavy atom. The van der Waals surface area contributed by atoms with Gasteiger partial charge in [-0.3, -0.25) is 0 Å². The van der Waals surface area contributed by atoms with Crippen molar-refractivity contribution in [2.45, 2.75) is 6.42 Å². The van der Waals surface area contributed by atoms with Gasteiger partial charge in [0.05, 0.1) is 5.56 Å². The van der Waals surface area contributed by atoms with Crippen molar-refractivity contribution in [2.75, 3.05) is 0 Å². The molecule has 114 valence electrons. The van der Waals surface area contributed by atoms with E-state index in [-0.39, 0.29) is 11.4 Å². The summed E-state index contributed by atoms with van der Waals surface area (Å²) in [6.07, 6.45) is 0.650. The fourth-order valence-corrected chi connectivity index (χ4v) is 2.24. The smallest absolute Gasteiger partial charge is 0.335 e. The number of benzene rings is 2. The second-order valence-corrected chi connectivity index (χ2v) is 4.71. The van der Waals surface area contributed by atoms with Gasteiger partial charge < -0.3 is 15.3 Å². The van der Waals surface area contributed by atoms with Crippen LogP contribution in [0.3, 0.4) is 0 Å². The molecule has 22 heavy (non-hydrogen) atoms. The summed E-state index contributed by atoms with van der Waals surface area (Å²) in [5.41, 5.74) is 3.01. The molecule has 0 aliphatic rings. The fourth-order valence-electron chi connectivity index (χ4n) is 2.24. The van der Waals surface area contributed by atoms with E-state index in [1.54, 1.807) is 30.3 Å². The first kappa shape index (κ1) is 15.7. The SMILES string of the molecule is NO.O=C(O)c1ccc2cc(Cc3ccc(F)cc3)[nH]c2c1. The Hall–Kier alpha value is -2.70. The molecule has 1 aromatic heterocycles. The number of hydrogen-bond donors (Lipinski definition) is 4. The van der Waals surface area contributed by atoms with E-state index in [0.717, 1.165) is 22.2 Å². The number of fused-ring (bicyclic) bond motifs is 1. The van der Waals surface area contributed by atoms with Crippen molar-refractivity contribution in [3.05, 3.63) is 71.2 Å². The lowest BCUT2D eigenvalue weighted by Crippen LogP contribution is -1.94. The molecule has 0 radical (unpaired) electrons. The maximum atomic E-state index is 12.8. The van der Waals surface area contributed by atoms with E-state index >= 15 is 0 Å². The first-order valence-corrected chi connectivity index (χ1v) is 6.47. The number of hydrogen-bond acceptors (Lipinski definition) is 3. The zero-order valence-electron chi connectivity index (χ0n) is 11.6. The van der Waals surface area contributed by atoms with Crippen molar-refractivity contribution < 1.29 is 19.5 Å². The number of carbonyl (C=O) groups is 1. The normalized spacial score (nSPS) is 10.1. The average Bonchev–Trinajstić information content (AvgIpc) is 2.92. The number of halogens is 1. The van der Waals surface area contributed by atoms with Crippen LogP contribution in [0.4, 0.5) is 4.39 Å². The Balaban J connectivity index is 0.000000847. The molecule has 0 saturated heterocycles. The number of aromatic nitrogens is 1. The lowest BCUT2D eigenvalue weighted by Gasteiger charge is -1.98. The quantitative estimate of drug-likeness (QED) is 0.559. The molecule has 5 nitrogen and oxygen atoms in total. The van der Waals surface area contributed by atoms with Crippen molar-refractivity contribution in [3.63, 3.8) is 0 Å². The Labute approximate surface area is 125 Å². The monoisotopic (exact) mass is 302 g/mol. The summed E-state index contributed by atoms with van der Waals surface area (Å²) in [6, 6.07) is 13.3. The Bertz CT molecular complexity index is 782. The Morgan fingerprint density at radius 2 is 1.77 bits per heavy atom. The van der Waals surface area contributed by atoms with Crippen LogP contribution in [0.5, 0.6) is 0 Å². The van der Waals surface area contributed by atoms with Gasteiger partial charge in [-0.1, -0.05) is 18.2 Å². The van der Waals surface area contributed by atoms with Crippen molar-refractivity contribution in [1.82, 2.24) is 4.98 Å². The molecule has 0 aliphatic heterocycles. The van der Waals surface area contributed by atoms with Crippen molar-refractivity contribution >= 4 is 16.9 Å². The first-order valence-electron chi connectivity index (χ1n) is 6.47. The minimum Gasteiger partial charge on any atom is -0.478 e. The number of H-pyrrole nitrogens is 1. The van der Waals surface area contributed by atoms with Crippen LogP contribution >= 0.6 is 0 Å². The molecule has 3 rings (SSSR count). The molecule has 3 aromatic rings. The maximum absolute atomic E-state index is 12.8. The highest BCUT2D eigenvalue weighted by Gasteiger charge is 2.06. The highest BCUT2D eigenvalue weighted by Crippen LogP contribution is 2.19. The molecule has 0 amide bonds. The van der Waals surface area contributed by atoms with Gasteiger partial charge >= 0.3 is 5.97 Å². The Morgan fingerprint density at radius 1 is 1.09 bits per heavy atom. The van der Waals surface area contributed by atoms with Crippen molar-refractivity contribution in [3.8, 4) is 0 Å². The lowest BCUT2D eigenvalue weighted by atomic mass is 10.1. The van der Waals surface area contributed by atoms with Crippen LogP contribution in [0.1, 0.15) is 21.6 Å². The second kappa shape index (κ2) is 6.84. The number of aromatic carboxylic acids is 1. The molecule has 0 saturated carbocycles. The predicted octanol–water partition coefficient (Wildman–Crippen LogP) is 2.93. The van der Waals surface area contributed by atoms with Gasteiger partial charge in [0, 0.05) is 17.6 Å². The fraction of sp³-hybridized carbons (Fsp3) is 0.0625. The van der Waals surface area contributed by atoms with Gasteiger partial charge in [-0.05, 0) is 41.3 Å². The number of aromatic amines is 1. The third-order valence-electron chi connectivity index (χ3n) is 3.23. The predicted molar refractivity (Wildman–Crippen MR) is 80.4 cm³/mol. The third kappa shape index (κ3) is 3.49. The molecule has 0 aliphatic carbocycles. The first-order chi connectivity index (χ1) is 10.6. The summed E-state index contributed by atoms with van der Waals surface area (Å²) in [5.74, 6) is 2.30. The number of rotatable bonds is 3. The van der Waals surface area contributed by atoms with Gasteiger partial charge in [0.15, 0.2) is 0 Å². The van der Waals surface area contributed by atoms with Crippen LogP contribution in [0.25, 0.3) is 10.9 Å². The number of nitrogens with one attached hydrogen (secondary N) is 1. The highest BCUT2D eigenvalue weighted by molar-refractivity contribution is 5.93. The summed E-state index contributed by atoms with van der Waals surface area (Å²) in [4.78, 5) is 14.1. The van der Waals surface area contributed by atoms with Crippen LogP contribution in [-0.4, -0.2) is 21.3 Å². The van der Waals surface area contributed by atoms with Crippen LogP contribution in [0, 0.1) is 5.82 Å². The summed E-state index contributed by atoms with van der Waals surface area (Å²) in [5, 5.41) is 16.4. The van der Waals surface area contributed by atoms with E-state index < -0.39 is 5.97 Å². The molecule has 1 heterocycles. The molecular weight excluding hydrogens is 287 g/mol. The molecule has 0 bridgehead atoms. The third-order valence-corrected chi connectivity index (χ3v) is 3.23. The molecule has 0 unspecified atom stereocenters. The molecule has 6 heteroatoms. The molecule has 2 aromatic carbocycles. The summed E-state index contributed by atoms with van der Waals surface area (Å²) >= 11 is 0. The van der Waals surface area contributed by atoms with Gasteiger partial charge in [-0.15, -0.1) is 0 Å². The van der Waals surface area contributed by atoms with E-state index in [1.165, 1.54) is 12.1 Å². The second-order valence-electron chi connectivity index (χ2n) is 4.71. The number of nitrogens with two attached hydrogens (primary N) is 1. The summed E-state index contributed by atoms with van der Waals surface area (Å²) in [6.45, 7) is 0. The zero-order chi connectivity index (χ0) is 16.1. The molecule has 5 N–H and O–H groups in total. The van der Waals surface area contributed by atoms with Gasteiger partial charge in [-0.2, -0.15) is 0 Å². The molecule has 0 atom stereocenters. The Kier molecular flexibility index (Phi) is 4.88. The topological polar surface area (TPSA) is 99.3 Å². The van der Waals surface area contributed by atoms with Gasteiger partial charge in [-0.25, -0.2) is 15.1 Å².